The van der Waals surface area contributed by atoms with E-state index in [-0.39, 0.29) is 5.41 Å². The van der Waals surface area contributed by atoms with E-state index in [2.05, 4.69) is 56.4 Å². The Morgan fingerprint density at radius 3 is 2.47 bits per heavy atom. The normalized spacial score (nSPS) is 13.6. The lowest BCUT2D eigenvalue weighted by atomic mass is 9.81. The molecule has 1 rings (SSSR count). The SMILES string of the molecule is CC(CCN)NCCC(C)(C)c1ccccc1. The zero-order valence-corrected chi connectivity index (χ0v) is 11.4. The minimum Gasteiger partial charge on any atom is -0.330 e. The lowest BCUT2D eigenvalue weighted by molar-refractivity contribution is 0.426. The third-order valence-electron chi connectivity index (χ3n) is 3.40. The molecule has 0 aliphatic heterocycles. The van der Waals surface area contributed by atoms with Crippen LogP contribution in [-0.4, -0.2) is 19.1 Å². The molecule has 0 aliphatic carbocycles. The molecule has 2 nitrogen and oxygen atoms in total. The summed E-state index contributed by atoms with van der Waals surface area (Å²) in [5.74, 6) is 0. The average Bonchev–Trinajstić information content (AvgIpc) is 2.30. The van der Waals surface area contributed by atoms with Gasteiger partial charge in [0.2, 0.25) is 0 Å². The van der Waals surface area contributed by atoms with E-state index >= 15 is 0 Å². The molecule has 0 saturated heterocycles. The molecule has 17 heavy (non-hydrogen) atoms. The van der Waals surface area contributed by atoms with E-state index in [0.717, 1.165) is 25.9 Å². The predicted molar refractivity (Wildman–Crippen MR) is 75.2 cm³/mol. The van der Waals surface area contributed by atoms with Crippen LogP contribution in [0.4, 0.5) is 0 Å². The highest BCUT2D eigenvalue weighted by atomic mass is 14.9. The van der Waals surface area contributed by atoms with Gasteiger partial charge in [0.1, 0.15) is 0 Å². The van der Waals surface area contributed by atoms with Crippen LogP contribution in [0.25, 0.3) is 0 Å². The standard InChI is InChI=1S/C15H26N2/c1-13(9-11-16)17-12-10-15(2,3)14-7-5-4-6-8-14/h4-8,13,17H,9-12,16H2,1-3H3. The first-order valence-electron chi connectivity index (χ1n) is 6.55. The number of hydrogen-bond acceptors (Lipinski definition) is 2. The maximum Gasteiger partial charge on any atom is 0.00507 e. The fraction of sp³-hybridized carbons (Fsp3) is 0.600. The van der Waals surface area contributed by atoms with Gasteiger partial charge in [-0.1, -0.05) is 44.2 Å². The van der Waals surface area contributed by atoms with Gasteiger partial charge in [0.05, 0.1) is 0 Å². The van der Waals surface area contributed by atoms with Crippen molar-refractivity contribution in [3.8, 4) is 0 Å². The van der Waals surface area contributed by atoms with Gasteiger partial charge in [-0.05, 0) is 43.8 Å². The largest absolute Gasteiger partial charge is 0.330 e. The smallest absolute Gasteiger partial charge is 0.00507 e. The predicted octanol–water partition coefficient (Wildman–Crippen LogP) is 2.68. The summed E-state index contributed by atoms with van der Waals surface area (Å²) in [6.07, 6.45) is 2.19. The first-order chi connectivity index (χ1) is 8.06. The fourth-order valence-electron chi connectivity index (χ4n) is 2.02. The highest BCUT2D eigenvalue weighted by Gasteiger charge is 2.19. The number of nitrogens with two attached hydrogens (primary N) is 1. The van der Waals surface area contributed by atoms with Gasteiger partial charge in [-0.2, -0.15) is 0 Å². The number of nitrogens with one attached hydrogen (secondary N) is 1. The summed E-state index contributed by atoms with van der Waals surface area (Å²) < 4.78 is 0. The lowest BCUT2D eigenvalue weighted by Gasteiger charge is -2.26. The van der Waals surface area contributed by atoms with Gasteiger partial charge in [-0.15, -0.1) is 0 Å². The Morgan fingerprint density at radius 1 is 1.24 bits per heavy atom. The minimum absolute atomic E-state index is 0.233. The van der Waals surface area contributed by atoms with Crippen LogP contribution in [-0.2, 0) is 5.41 Å². The molecule has 0 amide bonds. The average molecular weight is 234 g/mol. The molecule has 0 saturated carbocycles. The van der Waals surface area contributed by atoms with E-state index in [1.54, 1.807) is 0 Å². The summed E-state index contributed by atoms with van der Waals surface area (Å²) in [7, 11) is 0. The maximum atomic E-state index is 5.54. The van der Waals surface area contributed by atoms with Crippen LogP contribution in [0, 0.1) is 0 Å². The molecule has 0 bridgehead atoms. The van der Waals surface area contributed by atoms with E-state index in [1.165, 1.54) is 5.56 Å². The summed E-state index contributed by atoms with van der Waals surface area (Å²) in [6, 6.07) is 11.2. The monoisotopic (exact) mass is 234 g/mol. The van der Waals surface area contributed by atoms with Crippen molar-refractivity contribution in [3.05, 3.63) is 35.9 Å². The van der Waals surface area contributed by atoms with Gasteiger partial charge in [-0.25, -0.2) is 0 Å². The second-order valence-corrected chi connectivity index (χ2v) is 5.43. The molecule has 1 aromatic rings. The summed E-state index contributed by atoms with van der Waals surface area (Å²) in [5.41, 5.74) is 7.18. The molecule has 0 heterocycles. The molecule has 3 N–H and O–H groups in total. The molecule has 1 unspecified atom stereocenters. The number of benzene rings is 1. The Bertz CT molecular complexity index is 306. The topological polar surface area (TPSA) is 38.0 Å². The van der Waals surface area contributed by atoms with Crippen LogP contribution in [0.1, 0.15) is 39.2 Å². The van der Waals surface area contributed by atoms with Crippen LogP contribution in [0.3, 0.4) is 0 Å². The zero-order valence-electron chi connectivity index (χ0n) is 11.4. The highest BCUT2D eigenvalue weighted by Crippen LogP contribution is 2.26. The van der Waals surface area contributed by atoms with Gasteiger partial charge in [0.15, 0.2) is 0 Å². The summed E-state index contributed by atoms with van der Waals surface area (Å²) in [4.78, 5) is 0. The highest BCUT2D eigenvalue weighted by molar-refractivity contribution is 5.23. The fourth-order valence-corrected chi connectivity index (χ4v) is 2.02. The van der Waals surface area contributed by atoms with Gasteiger partial charge >= 0.3 is 0 Å². The quantitative estimate of drug-likeness (QED) is 0.761. The zero-order chi connectivity index (χ0) is 12.7. The van der Waals surface area contributed by atoms with E-state index in [1.807, 2.05) is 0 Å². The summed E-state index contributed by atoms with van der Waals surface area (Å²) in [5, 5.41) is 3.53. The van der Waals surface area contributed by atoms with E-state index < -0.39 is 0 Å². The number of rotatable bonds is 7. The molecule has 0 fully saturated rings. The molecule has 96 valence electrons. The first kappa shape index (κ1) is 14.2. The summed E-state index contributed by atoms with van der Waals surface area (Å²) >= 11 is 0. The first-order valence-corrected chi connectivity index (χ1v) is 6.55. The van der Waals surface area contributed by atoms with E-state index in [9.17, 15) is 0 Å². The Kier molecular flexibility index (Phi) is 5.66. The van der Waals surface area contributed by atoms with Gasteiger partial charge in [0.25, 0.3) is 0 Å². The van der Waals surface area contributed by atoms with Gasteiger partial charge in [0, 0.05) is 6.04 Å². The van der Waals surface area contributed by atoms with Crippen molar-refractivity contribution in [3.63, 3.8) is 0 Å². The Labute approximate surface area is 106 Å². The second-order valence-electron chi connectivity index (χ2n) is 5.43. The van der Waals surface area contributed by atoms with E-state index in [0.29, 0.717) is 6.04 Å². The van der Waals surface area contributed by atoms with Gasteiger partial charge < -0.3 is 11.1 Å². The molecule has 1 aromatic carbocycles. The maximum absolute atomic E-state index is 5.54. The Morgan fingerprint density at radius 2 is 1.88 bits per heavy atom. The molecular formula is C15H26N2. The molecule has 1 atom stereocenters. The van der Waals surface area contributed by atoms with Crippen molar-refractivity contribution in [2.24, 2.45) is 5.73 Å². The molecule has 0 aliphatic rings. The van der Waals surface area contributed by atoms with Crippen LogP contribution in [0.15, 0.2) is 30.3 Å². The molecule has 0 aromatic heterocycles. The van der Waals surface area contributed by atoms with Crippen molar-refractivity contribution in [2.75, 3.05) is 13.1 Å². The molecule has 0 radical (unpaired) electrons. The van der Waals surface area contributed by atoms with Crippen LogP contribution >= 0.6 is 0 Å². The van der Waals surface area contributed by atoms with E-state index in [4.69, 9.17) is 5.73 Å². The van der Waals surface area contributed by atoms with Crippen LogP contribution < -0.4 is 11.1 Å². The van der Waals surface area contributed by atoms with Crippen molar-refractivity contribution in [1.82, 2.24) is 5.32 Å². The van der Waals surface area contributed by atoms with Crippen molar-refractivity contribution in [2.45, 2.75) is 45.1 Å². The Hall–Kier alpha value is -0.860. The summed E-state index contributed by atoms with van der Waals surface area (Å²) in [6.45, 7) is 8.61. The van der Waals surface area contributed by atoms with Crippen molar-refractivity contribution < 1.29 is 0 Å². The van der Waals surface area contributed by atoms with Crippen LogP contribution in [0.2, 0.25) is 0 Å². The number of hydrogen-bond donors (Lipinski definition) is 2. The van der Waals surface area contributed by atoms with Crippen molar-refractivity contribution >= 4 is 0 Å². The lowest BCUT2D eigenvalue weighted by Crippen LogP contribution is -2.32. The third kappa shape index (κ3) is 4.88. The molecular weight excluding hydrogens is 208 g/mol. The molecule has 2 heteroatoms. The Balaban J connectivity index is 2.40. The third-order valence-corrected chi connectivity index (χ3v) is 3.40. The van der Waals surface area contributed by atoms with Crippen LogP contribution in [0.5, 0.6) is 0 Å². The minimum atomic E-state index is 0.233. The second kappa shape index (κ2) is 6.77. The molecule has 0 spiro atoms. The van der Waals surface area contributed by atoms with Crippen molar-refractivity contribution in [1.29, 1.82) is 0 Å². The van der Waals surface area contributed by atoms with Gasteiger partial charge in [-0.3, -0.25) is 0 Å².